The standard InChI is InChI=1S/C32H34N2O7/c1-20(39-18-21-9-3-2-4-10-21)29(31(36)37)34-30(35)28-16-15-22(41-28)17-33-32(38)40-19-27-25-13-7-5-11-23(25)24-12-6-8-14-26(24)27/h2-14,20,22,27-29H,15-19H2,1H3,(H,33,38)(H,34,35)(H,36,37)/t20-,22?,28?,29+/m0/s1. The molecule has 2 unspecified atom stereocenters. The third kappa shape index (κ3) is 6.75. The molecule has 9 nitrogen and oxygen atoms in total. The second kappa shape index (κ2) is 13.0. The van der Waals surface area contributed by atoms with E-state index in [9.17, 15) is 19.5 Å². The summed E-state index contributed by atoms with van der Waals surface area (Å²) in [4.78, 5) is 37.2. The zero-order valence-corrected chi connectivity index (χ0v) is 22.8. The van der Waals surface area contributed by atoms with Crippen LogP contribution in [0.4, 0.5) is 4.79 Å². The number of alkyl carbamates (subject to hydrolysis) is 1. The second-order valence-electron chi connectivity index (χ2n) is 10.4. The zero-order valence-electron chi connectivity index (χ0n) is 22.8. The maximum absolute atomic E-state index is 12.8. The van der Waals surface area contributed by atoms with Crippen LogP contribution < -0.4 is 10.6 Å². The van der Waals surface area contributed by atoms with E-state index in [1.807, 2.05) is 54.6 Å². The van der Waals surface area contributed by atoms with Crippen molar-refractivity contribution < 1.29 is 33.7 Å². The number of carbonyl (C=O) groups is 3. The van der Waals surface area contributed by atoms with Gasteiger partial charge in [-0.2, -0.15) is 0 Å². The number of carboxylic acid groups (broad SMARTS) is 1. The maximum Gasteiger partial charge on any atom is 0.407 e. The van der Waals surface area contributed by atoms with Gasteiger partial charge in [0.15, 0.2) is 6.04 Å². The van der Waals surface area contributed by atoms with Gasteiger partial charge in [0, 0.05) is 12.5 Å². The van der Waals surface area contributed by atoms with E-state index >= 15 is 0 Å². The molecule has 0 spiro atoms. The van der Waals surface area contributed by atoms with Crippen molar-refractivity contribution in [1.82, 2.24) is 10.6 Å². The summed E-state index contributed by atoms with van der Waals surface area (Å²) in [6.45, 7) is 2.22. The average molecular weight is 559 g/mol. The number of carboxylic acids is 1. The number of benzene rings is 3. The predicted octanol–water partition coefficient (Wildman–Crippen LogP) is 4.25. The Bertz CT molecular complexity index is 1330. The lowest BCUT2D eigenvalue weighted by Gasteiger charge is -2.23. The molecule has 3 aromatic carbocycles. The fourth-order valence-electron chi connectivity index (χ4n) is 5.42. The quantitative estimate of drug-likeness (QED) is 0.322. The number of carbonyl (C=O) groups excluding carboxylic acids is 2. The zero-order chi connectivity index (χ0) is 28.8. The van der Waals surface area contributed by atoms with Crippen molar-refractivity contribution in [3.8, 4) is 11.1 Å². The average Bonchev–Trinajstić information content (AvgIpc) is 3.60. The summed E-state index contributed by atoms with van der Waals surface area (Å²) in [5, 5.41) is 15.0. The van der Waals surface area contributed by atoms with Crippen LogP contribution in [0.15, 0.2) is 78.9 Å². The molecule has 2 aliphatic rings. The number of ether oxygens (including phenoxy) is 3. The monoisotopic (exact) mass is 558 g/mol. The molecular weight excluding hydrogens is 524 g/mol. The molecule has 0 saturated carbocycles. The minimum absolute atomic E-state index is 0.0369. The first-order valence-electron chi connectivity index (χ1n) is 13.8. The Kier molecular flexibility index (Phi) is 8.96. The number of amides is 2. The molecule has 1 fully saturated rings. The van der Waals surface area contributed by atoms with E-state index in [1.54, 1.807) is 6.92 Å². The van der Waals surface area contributed by atoms with Crippen molar-refractivity contribution in [3.05, 3.63) is 95.6 Å². The number of rotatable bonds is 11. The summed E-state index contributed by atoms with van der Waals surface area (Å²) in [5.74, 6) is -1.74. The van der Waals surface area contributed by atoms with Crippen LogP contribution in [0.25, 0.3) is 11.1 Å². The Morgan fingerprint density at radius 2 is 1.56 bits per heavy atom. The highest BCUT2D eigenvalue weighted by Gasteiger charge is 2.35. The van der Waals surface area contributed by atoms with E-state index in [0.29, 0.717) is 12.8 Å². The molecule has 1 aliphatic heterocycles. The van der Waals surface area contributed by atoms with Crippen LogP contribution in [-0.4, -0.2) is 60.6 Å². The van der Waals surface area contributed by atoms with Crippen LogP contribution in [0.2, 0.25) is 0 Å². The third-order valence-corrected chi connectivity index (χ3v) is 7.61. The molecule has 4 atom stereocenters. The number of hydrogen-bond donors (Lipinski definition) is 3. The molecule has 41 heavy (non-hydrogen) atoms. The lowest BCUT2D eigenvalue weighted by Crippen LogP contribution is -2.51. The first-order chi connectivity index (χ1) is 19.9. The smallest absolute Gasteiger partial charge is 0.407 e. The van der Waals surface area contributed by atoms with E-state index in [-0.39, 0.29) is 31.8 Å². The van der Waals surface area contributed by atoms with Crippen molar-refractivity contribution in [3.63, 3.8) is 0 Å². The van der Waals surface area contributed by atoms with Crippen LogP contribution in [0.1, 0.15) is 42.4 Å². The summed E-state index contributed by atoms with van der Waals surface area (Å²) in [6.07, 6.45) is -1.56. The van der Waals surface area contributed by atoms with Gasteiger partial charge in [0.2, 0.25) is 5.91 Å². The Morgan fingerprint density at radius 1 is 0.927 bits per heavy atom. The van der Waals surface area contributed by atoms with Gasteiger partial charge in [-0.15, -0.1) is 0 Å². The summed E-state index contributed by atoms with van der Waals surface area (Å²) >= 11 is 0. The van der Waals surface area contributed by atoms with Gasteiger partial charge in [0.25, 0.3) is 0 Å². The highest BCUT2D eigenvalue weighted by Crippen LogP contribution is 2.44. The molecule has 9 heteroatoms. The number of hydrogen-bond acceptors (Lipinski definition) is 6. The Morgan fingerprint density at radius 3 is 2.22 bits per heavy atom. The fourth-order valence-corrected chi connectivity index (χ4v) is 5.42. The molecule has 3 N–H and O–H groups in total. The van der Waals surface area contributed by atoms with Crippen molar-refractivity contribution in [2.75, 3.05) is 13.2 Å². The van der Waals surface area contributed by atoms with Crippen LogP contribution in [0, 0.1) is 0 Å². The SMILES string of the molecule is C[C@H](OCc1ccccc1)[C@@H](NC(=O)C1CCC(CNC(=O)OCC2c3ccccc3-c3ccccc32)O1)C(=O)O. The molecule has 1 saturated heterocycles. The normalized spacial score (nSPS) is 19.0. The largest absolute Gasteiger partial charge is 0.480 e. The number of aliphatic carboxylic acids is 1. The summed E-state index contributed by atoms with van der Waals surface area (Å²) < 4.78 is 17.1. The van der Waals surface area contributed by atoms with E-state index in [1.165, 1.54) is 0 Å². The fraction of sp³-hybridized carbons (Fsp3) is 0.344. The van der Waals surface area contributed by atoms with E-state index in [2.05, 4.69) is 34.9 Å². The lowest BCUT2D eigenvalue weighted by molar-refractivity contribution is -0.148. The first-order valence-corrected chi connectivity index (χ1v) is 13.8. The Balaban J connectivity index is 1.06. The van der Waals surface area contributed by atoms with Gasteiger partial charge in [-0.05, 0) is 47.6 Å². The van der Waals surface area contributed by atoms with E-state index in [0.717, 1.165) is 27.8 Å². The van der Waals surface area contributed by atoms with Crippen molar-refractivity contribution in [1.29, 1.82) is 0 Å². The summed E-state index contributed by atoms with van der Waals surface area (Å²) in [5.41, 5.74) is 5.48. The molecule has 5 rings (SSSR count). The van der Waals surface area contributed by atoms with Crippen LogP contribution >= 0.6 is 0 Å². The summed E-state index contributed by atoms with van der Waals surface area (Å²) in [7, 11) is 0. The number of fused-ring (bicyclic) bond motifs is 3. The summed E-state index contributed by atoms with van der Waals surface area (Å²) in [6, 6.07) is 24.4. The molecule has 214 valence electrons. The third-order valence-electron chi connectivity index (χ3n) is 7.61. The van der Waals surface area contributed by atoms with Crippen LogP contribution in [0.5, 0.6) is 0 Å². The van der Waals surface area contributed by atoms with Gasteiger partial charge in [-0.25, -0.2) is 9.59 Å². The van der Waals surface area contributed by atoms with Gasteiger partial charge in [0.05, 0.1) is 18.8 Å². The molecule has 0 aromatic heterocycles. The van der Waals surface area contributed by atoms with Crippen LogP contribution in [0.3, 0.4) is 0 Å². The topological polar surface area (TPSA) is 123 Å². The number of nitrogens with one attached hydrogen (secondary N) is 2. The van der Waals surface area contributed by atoms with Gasteiger partial charge in [-0.1, -0.05) is 78.9 Å². The molecular formula is C32H34N2O7. The maximum atomic E-state index is 12.8. The Labute approximate surface area is 238 Å². The Hall–Kier alpha value is -4.21. The highest BCUT2D eigenvalue weighted by molar-refractivity contribution is 5.87. The van der Waals surface area contributed by atoms with Gasteiger partial charge >= 0.3 is 12.1 Å². The van der Waals surface area contributed by atoms with E-state index < -0.39 is 36.2 Å². The molecule has 2 amide bonds. The second-order valence-corrected chi connectivity index (χ2v) is 10.4. The molecule has 0 bridgehead atoms. The first kappa shape index (κ1) is 28.3. The highest BCUT2D eigenvalue weighted by atomic mass is 16.6. The molecule has 0 radical (unpaired) electrons. The molecule has 3 aromatic rings. The minimum atomic E-state index is -1.23. The van der Waals surface area contributed by atoms with Gasteiger partial charge in [0.1, 0.15) is 12.7 Å². The van der Waals surface area contributed by atoms with Crippen LogP contribution in [-0.2, 0) is 30.4 Å². The predicted molar refractivity (Wildman–Crippen MR) is 151 cm³/mol. The van der Waals surface area contributed by atoms with E-state index in [4.69, 9.17) is 14.2 Å². The molecule has 1 aliphatic carbocycles. The molecule has 1 heterocycles. The van der Waals surface area contributed by atoms with Gasteiger partial charge < -0.3 is 30.0 Å². The van der Waals surface area contributed by atoms with Crippen molar-refractivity contribution >= 4 is 18.0 Å². The van der Waals surface area contributed by atoms with Gasteiger partial charge in [-0.3, -0.25) is 4.79 Å². The van der Waals surface area contributed by atoms with Crippen molar-refractivity contribution in [2.24, 2.45) is 0 Å². The minimum Gasteiger partial charge on any atom is -0.480 e. The lowest BCUT2D eigenvalue weighted by atomic mass is 9.98. The van der Waals surface area contributed by atoms with Crippen molar-refractivity contribution in [2.45, 2.75) is 56.6 Å².